The summed E-state index contributed by atoms with van der Waals surface area (Å²) in [5.41, 5.74) is 0.898. The van der Waals surface area contributed by atoms with Crippen molar-refractivity contribution in [2.45, 2.75) is 13.5 Å². The van der Waals surface area contributed by atoms with E-state index in [0.29, 0.717) is 15.8 Å². The molecule has 1 heterocycles. The molecule has 2 aromatic carbocycles. The number of fused-ring (bicyclic) bond motifs is 1. The van der Waals surface area contributed by atoms with Gasteiger partial charge in [-0.15, -0.1) is 0 Å². The number of ether oxygens (including phenoxy) is 1. The van der Waals surface area contributed by atoms with Gasteiger partial charge in [-0.3, -0.25) is 19.7 Å². The Balaban J connectivity index is 2.14. The van der Waals surface area contributed by atoms with Gasteiger partial charge in [-0.2, -0.15) is 4.99 Å². The summed E-state index contributed by atoms with van der Waals surface area (Å²) in [6.45, 7) is 1.77. The summed E-state index contributed by atoms with van der Waals surface area (Å²) < 4.78 is 7.06. The molecular weight excluding hydrogens is 370 g/mol. The summed E-state index contributed by atoms with van der Waals surface area (Å²) >= 11 is 1.10. The van der Waals surface area contributed by atoms with Crippen LogP contribution in [-0.2, 0) is 16.1 Å². The van der Waals surface area contributed by atoms with Crippen LogP contribution in [0.1, 0.15) is 17.3 Å². The van der Waals surface area contributed by atoms with Crippen molar-refractivity contribution < 1.29 is 19.2 Å². The van der Waals surface area contributed by atoms with Gasteiger partial charge >= 0.3 is 5.97 Å². The number of nitro groups is 1. The summed E-state index contributed by atoms with van der Waals surface area (Å²) in [6.07, 6.45) is 0. The van der Waals surface area contributed by atoms with E-state index in [2.05, 4.69) is 4.99 Å². The third kappa shape index (κ3) is 4.09. The first-order valence-electron chi connectivity index (χ1n) is 8.07. The summed E-state index contributed by atoms with van der Waals surface area (Å²) in [6, 6.07) is 12.8. The van der Waals surface area contributed by atoms with Crippen LogP contribution in [0, 0.1) is 10.1 Å². The van der Waals surface area contributed by atoms with Gasteiger partial charge in [0.2, 0.25) is 0 Å². The lowest BCUT2D eigenvalue weighted by molar-refractivity contribution is -0.384. The highest BCUT2D eigenvalue weighted by Gasteiger charge is 2.15. The molecule has 3 rings (SSSR count). The first-order valence-corrected chi connectivity index (χ1v) is 8.88. The number of hydrogen-bond donors (Lipinski definition) is 0. The lowest BCUT2D eigenvalue weighted by atomic mass is 10.2. The smallest absolute Gasteiger partial charge is 0.326 e. The number of benzene rings is 2. The molecule has 0 saturated carbocycles. The highest BCUT2D eigenvalue weighted by molar-refractivity contribution is 7.16. The Morgan fingerprint density at radius 2 is 1.96 bits per heavy atom. The van der Waals surface area contributed by atoms with Gasteiger partial charge in [0.15, 0.2) is 4.80 Å². The highest BCUT2D eigenvalue weighted by atomic mass is 32.1. The predicted octanol–water partition coefficient (Wildman–Crippen LogP) is 2.92. The summed E-state index contributed by atoms with van der Waals surface area (Å²) in [5.74, 6) is -0.946. The maximum absolute atomic E-state index is 12.4. The first-order chi connectivity index (χ1) is 13.0. The molecule has 27 heavy (non-hydrogen) atoms. The lowest BCUT2D eigenvalue weighted by Gasteiger charge is -2.05. The third-order valence-corrected chi connectivity index (χ3v) is 4.73. The maximum atomic E-state index is 12.4. The minimum atomic E-state index is -0.499. The van der Waals surface area contributed by atoms with Gasteiger partial charge in [0.25, 0.3) is 11.6 Å². The van der Waals surface area contributed by atoms with Crippen LogP contribution < -0.4 is 4.80 Å². The molecule has 1 aromatic heterocycles. The number of carbonyl (C=O) groups is 2. The number of aromatic nitrogens is 1. The fourth-order valence-corrected chi connectivity index (χ4v) is 3.54. The van der Waals surface area contributed by atoms with E-state index in [1.165, 1.54) is 22.8 Å². The Kier molecular flexibility index (Phi) is 5.41. The number of esters is 1. The number of nitro benzene ring substituents is 1. The van der Waals surface area contributed by atoms with Crippen LogP contribution in [0.4, 0.5) is 5.69 Å². The highest BCUT2D eigenvalue weighted by Crippen LogP contribution is 2.23. The average Bonchev–Trinajstić information content (AvgIpc) is 2.99. The van der Waals surface area contributed by atoms with E-state index < -0.39 is 16.8 Å². The molecule has 0 radical (unpaired) electrons. The third-order valence-electron chi connectivity index (χ3n) is 3.69. The van der Waals surface area contributed by atoms with Crippen LogP contribution in [0.15, 0.2) is 53.5 Å². The van der Waals surface area contributed by atoms with Gasteiger partial charge < -0.3 is 9.30 Å². The van der Waals surface area contributed by atoms with E-state index in [9.17, 15) is 19.7 Å². The number of non-ortho nitro benzene ring substituents is 1. The largest absolute Gasteiger partial charge is 0.465 e. The molecule has 138 valence electrons. The van der Waals surface area contributed by atoms with Crippen LogP contribution in [0.2, 0.25) is 0 Å². The van der Waals surface area contributed by atoms with E-state index in [-0.39, 0.29) is 23.6 Å². The number of rotatable bonds is 5. The molecular formula is C18H15N3O5S. The van der Waals surface area contributed by atoms with Crippen LogP contribution in [0.25, 0.3) is 10.2 Å². The monoisotopic (exact) mass is 385 g/mol. The van der Waals surface area contributed by atoms with Crippen molar-refractivity contribution in [1.29, 1.82) is 0 Å². The SMILES string of the molecule is CCOC(=O)Cn1c(=NC(=O)c2ccccc2)sc2cc([N+](=O)[O-])ccc21. The second-order valence-corrected chi connectivity index (χ2v) is 6.48. The topological polar surface area (TPSA) is 104 Å². The molecule has 0 N–H and O–H groups in total. The fourth-order valence-electron chi connectivity index (χ4n) is 2.48. The van der Waals surface area contributed by atoms with Gasteiger partial charge in [0, 0.05) is 17.7 Å². The molecule has 0 fully saturated rings. The number of amides is 1. The Labute approximate surface area is 157 Å². The zero-order valence-corrected chi connectivity index (χ0v) is 15.1. The van der Waals surface area contributed by atoms with Gasteiger partial charge in [-0.25, -0.2) is 0 Å². The standard InChI is InChI=1S/C18H15N3O5S/c1-2-26-16(22)11-20-14-9-8-13(21(24)25)10-15(14)27-18(20)19-17(23)12-6-4-3-5-7-12/h3-10H,2,11H2,1H3. The van der Waals surface area contributed by atoms with Gasteiger partial charge in [0.05, 0.1) is 21.7 Å². The fraction of sp³-hybridized carbons (Fsp3) is 0.167. The Hall–Kier alpha value is -3.33. The van der Waals surface area contributed by atoms with E-state index >= 15 is 0 Å². The van der Waals surface area contributed by atoms with Crippen molar-refractivity contribution in [3.05, 3.63) is 69.0 Å². The molecule has 3 aromatic rings. The summed E-state index contributed by atoms with van der Waals surface area (Å²) in [4.78, 5) is 39.3. The molecule has 0 unspecified atom stereocenters. The molecule has 0 saturated heterocycles. The lowest BCUT2D eigenvalue weighted by Crippen LogP contribution is -2.23. The quantitative estimate of drug-likeness (QED) is 0.382. The van der Waals surface area contributed by atoms with Crippen molar-refractivity contribution in [3.63, 3.8) is 0 Å². The number of thiazole rings is 1. The molecule has 1 amide bonds. The van der Waals surface area contributed by atoms with Crippen molar-refractivity contribution in [2.24, 2.45) is 4.99 Å². The maximum Gasteiger partial charge on any atom is 0.326 e. The van der Waals surface area contributed by atoms with Gasteiger partial charge in [-0.1, -0.05) is 29.5 Å². The summed E-state index contributed by atoms with van der Waals surface area (Å²) in [7, 11) is 0. The number of nitrogens with zero attached hydrogens (tertiary/aromatic N) is 3. The average molecular weight is 385 g/mol. The predicted molar refractivity (Wildman–Crippen MR) is 99.4 cm³/mol. The van der Waals surface area contributed by atoms with E-state index in [1.54, 1.807) is 37.3 Å². The normalized spacial score (nSPS) is 11.5. The number of carbonyl (C=O) groups excluding carboxylic acids is 2. The van der Waals surface area contributed by atoms with Crippen molar-refractivity contribution in [2.75, 3.05) is 6.61 Å². The second-order valence-electron chi connectivity index (χ2n) is 5.47. The zero-order chi connectivity index (χ0) is 19.4. The molecule has 9 heteroatoms. The van der Waals surface area contributed by atoms with E-state index in [1.807, 2.05) is 0 Å². The second kappa shape index (κ2) is 7.92. The number of hydrogen-bond acceptors (Lipinski definition) is 6. The zero-order valence-electron chi connectivity index (χ0n) is 14.3. The Bertz CT molecular complexity index is 1090. The van der Waals surface area contributed by atoms with Crippen LogP contribution in [0.3, 0.4) is 0 Å². The minimum absolute atomic E-state index is 0.0760. The molecule has 0 spiro atoms. The Morgan fingerprint density at radius 3 is 2.63 bits per heavy atom. The molecule has 0 aliphatic carbocycles. The van der Waals surface area contributed by atoms with Crippen molar-refractivity contribution in [1.82, 2.24) is 4.57 Å². The van der Waals surface area contributed by atoms with Gasteiger partial charge in [-0.05, 0) is 25.1 Å². The first kappa shape index (κ1) is 18.5. The van der Waals surface area contributed by atoms with Crippen molar-refractivity contribution >= 4 is 39.1 Å². The molecule has 0 bridgehead atoms. The molecule has 0 aliphatic heterocycles. The minimum Gasteiger partial charge on any atom is -0.465 e. The molecule has 0 aliphatic rings. The Morgan fingerprint density at radius 1 is 1.22 bits per heavy atom. The van der Waals surface area contributed by atoms with E-state index in [4.69, 9.17) is 4.74 Å². The van der Waals surface area contributed by atoms with Crippen LogP contribution >= 0.6 is 11.3 Å². The van der Waals surface area contributed by atoms with Crippen LogP contribution in [-0.4, -0.2) is 28.0 Å². The molecule has 8 nitrogen and oxygen atoms in total. The van der Waals surface area contributed by atoms with Crippen LogP contribution in [0.5, 0.6) is 0 Å². The van der Waals surface area contributed by atoms with Crippen molar-refractivity contribution in [3.8, 4) is 0 Å². The molecule has 0 atom stereocenters. The summed E-state index contributed by atoms with van der Waals surface area (Å²) in [5, 5.41) is 11.0. The van der Waals surface area contributed by atoms with E-state index in [0.717, 1.165) is 11.3 Å². The van der Waals surface area contributed by atoms with Gasteiger partial charge in [0.1, 0.15) is 6.54 Å².